The Hall–Kier alpha value is -3.83. The first kappa shape index (κ1) is 26.8. The Morgan fingerprint density at radius 1 is 0.923 bits per heavy atom. The molecule has 204 valence electrons. The van der Waals surface area contributed by atoms with Crippen molar-refractivity contribution in [3.63, 3.8) is 0 Å². The van der Waals surface area contributed by atoms with E-state index in [1.807, 2.05) is 23.1 Å². The normalized spacial score (nSPS) is 15.7. The van der Waals surface area contributed by atoms with Gasteiger partial charge in [-0.25, -0.2) is 18.4 Å². The van der Waals surface area contributed by atoms with E-state index in [-0.39, 0.29) is 5.75 Å². The number of alkyl halides is 2. The summed E-state index contributed by atoms with van der Waals surface area (Å²) < 4.78 is 66.4. The summed E-state index contributed by atoms with van der Waals surface area (Å²) in [5.74, 6) is -2.55. The molecule has 1 N–H and O–H groups in total. The van der Waals surface area contributed by atoms with Crippen LogP contribution in [-0.4, -0.2) is 52.2 Å². The molecule has 1 aromatic heterocycles. The Kier molecular flexibility index (Phi) is 7.37. The fourth-order valence-corrected chi connectivity index (χ4v) is 4.80. The van der Waals surface area contributed by atoms with Gasteiger partial charge in [-0.2, -0.15) is 13.9 Å². The molecule has 0 saturated carbocycles. The number of halogens is 5. The van der Waals surface area contributed by atoms with Gasteiger partial charge in [-0.1, -0.05) is 29.8 Å². The summed E-state index contributed by atoms with van der Waals surface area (Å²) >= 11 is 6.12. The minimum atomic E-state index is -4.38. The zero-order valence-electron chi connectivity index (χ0n) is 20.5. The molecule has 3 aromatic carbocycles. The Morgan fingerprint density at radius 3 is 2.36 bits per heavy atom. The molecule has 1 fully saturated rings. The molecule has 0 spiro atoms. The lowest BCUT2D eigenvalue weighted by Gasteiger charge is -2.39. The standard InChI is InChI=1S/C27H24ClF4N5O2/c28-19-4-3-5-21(14-19)35-10-12-36(13-11-35)24-6-1-2-7-25(24)39-27(31,32)26(38,16-37-18-33-17-34-37)22-9-8-20(29)15-23(22)30/h1-9,14-15,17-18,38H,10-13,16H2. The molecule has 7 nitrogen and oxygen atoms in total. The van der Waals surface area contributed by atoms with Crippen LogP contribution in [0.25, 0.3) is 0 Å². The minimum Gasteiger partial charge on any atom is -0.428 e. The van der Waals surface area contributed by atoms with Crippen LogP contribution >= 0.6 is 11.6 Å². The van der Waals surface area contributed by atoms with Gasteiger partial charge >= 0.3 is 6.11 Å². The number of hydrogen-bond donors (Lipinski definition) is 1. The first-order chi connectivity index (χ1) is 18.7. The summed E-state index contributed by atoms with van der Waals surface area (Å²) in [6, 6.07) is 15.6. The number of anilines is 2. The fraction of sp³-hybridized carbons (Fsp3) is 0.259. The van der Waals surface area contributed by atoms with Gasteiger partial charge in [-0.05, 0) is 42.5 Å². The molecule has 12 heteroatoms. The van der Waals surface area contributed by atoms with Crippen LogP contribution in [0.2, 0.25) is 5.02 Å². The number of rotatable bonds is 8. The predicted molar refractivity (Wildman–Crippen MR) is 138 cm³/mol. The number of nitrogens with zero attached hydrogens (tertiary/aromatic N) is 5. The van der Waals surface area contributed by atoms with Crippen molar-refractivity contribution in [2.24, 2.45) is 0 Å². The maximum Gasteiger partial charge on any atom is 0.433 e. The van der Waals surface area contributed by atoms with Crippen molar-refractivity contribution >= 4 is 23.0 Å². The number of para-hydroxylation sites is 2. The molecule has 0 aliphatic carbocycles. The highest BCUT2D eigenvalue weighted by Crippen LogP contribution is 2.44. The third-order valence-corrected chi connectivity index (χ3v) is 6.85. The van der Waals surface area contributed by atoms with E-state index < -0.39 is 35.5 Å². The number of piperazine rings is 1. The number of benzene rings is 3. The van der Waals surface area contributed by atoms with E-state index in [1.165, 1.54) is 12.1 Å². The molecule has 1 unspecified atom stereocenters. The summed E-state index contributed by atoms with van der Waals surface area (Å²) in [5, 5.41) is 15.7. The monoisotopic (exact) mass is 561 g/mol. The van der Waals surface area contributed by atoms with Crippen molar-refractivity contribution in [1.82, 2.24) is 14.8 Å². The molecule has 1 aliphatic heterocycles. The largest absolute Gasteiger partial charge is 0.433 e. The van der Waals surface area contributed by atoms with E-state index in [1.54, 1.807) is 18.2 Å². The molecule has 2 heterocycles. The first-order valence-electron chi connectivity index (χ1n) is 12.1. The van der Waals surface area contributed by atoms with Crippen molar-refractivity contribution < 1.29 is 27.4 Å². The predicted octanol–water partition coefficient (Wildman–Crippen LogP) is 5.10. The summed E-state index contributed by atoms with van der Waals surface area (Å²) in [6.07, 6.45) is -2.20. The lowest BCUT2D eigenvalue weighted by Crippen LogP contribution is -2.53. The fourth-order valence-electron chi connectivity index (χ4n) is 4.61. The van der Waals surface area contributed by atoms with Gasteiger partial charge in [-0.3, -0.25) is 0 Å². The third-order valence-electron chi connectivity index (χ3n) is 6.61. The second-order valence-electron chi connectivity index (χ2n) is 9.12. The maximum absolute atomic E-state index is 16.0. The van der Waals surface area contributed by atoms with Crippen molar-refractivity contribution in [1.29, 1.82) is 0 Å². The van der Waals surface area contributed by atoms with Gasteiger partial charge in [-0.15, -0.1) is 0 Å². The van der Waals surface area contributed by atoms with Gasteiger partial charge in [0.05, 0.1) is 12.2 Å². The van der Waals surface area contributed by atoms with E-state index in [2.05, 4.69) is 15.0 Å². The van der Waals surface area contributed by atoms with Gasteiger partial charge in [0.15, 0.2) is 0 Å². The van der Waals surface area contributed by atoms with Gasteiger partial charge in [0, 0.05) is 48.5 Å². The molecule has 39 heavy (non-hydrogen) atoms. The highest BCUT2D eigenvalue weighted by molar-refractivity contribution is 6.30. The van der Waals surface area contributed by atoms with Crippen LogP contribution in [0.5, 0.6) is 5.75 Å². The zero-order chi connectivity index (χ0) is 27.6. The smallest absolute Gasteiger partial charge is 0.428 e. The van der Waals surface area contributed by atoms with Crippen LogP contribution in [0.15, 0.2) is 79.4 Å². The summed E-state index contributed by atoms with van der Waals surface area (Å²) in [4.78, 5) is 7.72. The molecule has 1 saturated heterocycles. The summed E-state index contributed by atoms with van der Waals surface area (Å²) in [6.45, 7) is 1.27. The second-order valence-corrected chi connectivity index (χ2v) is 9.55. The van der Waals surface area contributed by atoms with Gasteiger partial charge in [0.2, 0.25) is 5.60 Å². The van der Waals surface area contributed by atoms with E-state index >= 15 is 8.78 Å². The highest BCUT2D eigenvalue weighted by Gasteiger charge is 2.59. The van der Waals surface area contributed by atoms with Crippen molar-refractivity contribution in [2.45, 2.75) is 18.3 Å². The lowest BCUT2D eigenvalue weighted by molar-refractivity contribution is -0.301. The Balaban J connectivity index is 1.42. The molecule has 5 rings (SSSR count). The second kappa shape index (κ2) is 10.7. The van der Waals surface area contributed by atoms with Crippen LogP contribution in [-0.2, 0) is 12.1 Å². The molecule has 4 aromatic rings. The Bertz CT molecular complexity index is 1430. The van der Waals surface area contributed by atoms with E-state index in [9.17, 15) is 13.9 Å². The Morgan fingerprint density at radius 2 is 1.67 bits per heavy atom. The third kappa shape index (κ3) is 5.50. The van der Waals surface area contributed by atoms with Gasteiger partial charge in [0.1, 0.15) is 30.0 Å². The van der Waals surface area contributed by atoms with E-state index in [0.717, 1.165) is 35.2 Å². The molecule has 1 atom stereocenters. The number of hydrogen-bond acceptors (Lipinski definition) is 6. The maximum atomic E-state index is 16.0. The summed E-state index contributed by atoms with van der Waals surface area (Å²) in [5.41, 5.74) is -2.78. The molecular weight excluding hydrogens is 538 g/mol. The zero-order valence-corrected chi connectivity index (χ0v) is 21.3. The molecular formula is C27H24ClF4N5O2. The van der Waals surface area contributed by atoms with Crippen LogP contribution in [0.3, 0.4) is 0 Å². The van der Waals surface area contributed by atoms with Crippen LogP contribution in [0, 0.1) is 11.6 Å². The van der Waals surface area contributed by atoms with E-state index in [4.69, 9.17) is 16.3 Å². The number of ether oxygens (including phenoxy) is 1. The van der Waals surface area contributed by atoms with Crippen molar-refractivity contribution in [3.8, 4) is 5.75 Å². The van der Waals surface area contributed by atoms with Crippen LogP contribution in [0.1, 0.15) is 5.56 Å². The van der Waals surface area contributed by atoms with Crippen LogP contribution < -0.4 is 14.5 Å². The molecule has 0 radical (unpaired) electrons. The SMILES string of the molecule is OC(Cn1cncn1)(c1ccc(F)cc1F)C(F)(F)Oc1ccccc1N1CCN(c2cccc(Cl)c2)CC1. The van der Waals surface area contributed by atoms with Crippen LogP contribution in [0.4, 0.5) is 28.9 Å². The molecule has 1 aliphatic rings. The van der Waals surface area contributed by atoms with Gasteiger partial charge in [0.25, 0.3) is 0 Å². The molecule has 0 bridgehead atoms. The quantitative estimate of drug-likeness (QED) is 0.302. The number of aromatic nitrogens is 3. The number of aliphatic hydroxyl groups is 1. The molecule has 0 amide bonds. The average molecular weight is 562 g/mol. The summed E-state index contributed by atoms with van der Waals surface area (Å²) in [7, 11) is 0. The highest BCUT2D eigenvalue weighted by atomic mass is 35.5. The van der Waals surface area contributed by atoms with Crippen molar-refractivity contribution in [3.05, 3.63) is 102 Å². The lowest BCUT2D eigenvalue weighted by atomic mass is 9.91. The van der Waals surface area contributed by atoms with Crippen molar-refractivity contribution in [2.75, 3.05) is 36.0 Å². The first-order valence-corrected chi connectivity index (χ1v) is 12.5. The average Bonchev–Trinajstić information content (AvgIpc) is 3.41. The van der Waals surface area contributed by atoms with E-state index in [0.29, 0.717) is 43.0 Å². The minimum absolute atomic E-state index is 0.210. The Labute approximate surface area is 226 Å². The topological polar surface area (TPSA) is 66.7 Å². The van der Waals surface area contributed by atoms with Gasteiger partial charge < -0.3 is 19.6 Å².